The topological polar surface area (TPSA) is 60.4 Å². The maximum absolute atomic E-state index is 8.56. The summed E-state index contributed by atoms with van der Waals surface area (Å²) in [5, 5.41) is 0. The van der Waals surface area contributed by atoms with E-state index < -0.39 is 11.4 Å². The van der Waals surface area contributed by atoms with E-state index in [1.54, 1.807) is 0 Å². The molecule has 0 saturated heterocycles. The van der Waals surface area contributed by atoms with Gasteiger partial charge in [0.05, 0.1) is 11.4 Å². The zero-order valence-corrected chi connectivity index (χ0v) is 10.2. The molecular weight excluding hydrogens is 207 g/mol. The summed E-state index contributed by atoms with van der Waals surface area (Å²) in [7, 11) is 0. The third kappa shape index (κ3) is 10.2. The second kappa shape index (κ2) is 10.4. The predicted octanol–water partition coefficient (Wildman–Crippen LogP) is -0.846. The third-order valence-electron chi connectivity index (χ3n) is 1.81. The standard InChI is InChI=1S/C10H14.Li.H2O3S/c1-3-9-6-5-7-10(4-2)8-9;;1-4(2)3/h5-8H,3-4H2,1-2H3;;(H2,1,2,3)/q;+1;/p-1. The summed E-state index contributed by atoms with van der Waals surface area (Å²) in [4.78, 5) is 0. The zero-order chi connectivity index (χ0) is 11.0. The molecule has 1 unspecified atom stereocenters. The zero-order valence-electron chi connectivity index (χ0n) is 9.40. The molecule has 1 atom stereocenters. The number of hydrogen-bond donors (Lipinski definition) is 1. The van der Waals surface area contributed by atoms with Crippen LogP contribution in [-0.2, 0) is 24.2 Å². The van der Waals surface area contributed by atoms with Crippen molar-refractivity contribution in [1.29, 1.82) is 0 Å². The van der Waals surface area contributed by atoms with Crippen LogP contribution in [0, 0.1) is 0 Å². The summed E-state index contributed by atoms with van der Waals surface area (Å²) in [6.45, 7) is 4.38. The molecule has 1 N–H and O–H groups in total. The van der Waals surface area contributed by atoms with Gasteiger partial charge in [0, 0.05) is 0 Å². The molecule has 0 aliphatic carbocycles. The first-order valence-corrected chi connectivity index (χ1v) is 5.49. The Bertz CT molecular complexity index is 269. The molecule has 1 aromatic carbocycles. The van der Waals surface area contributed by atoms with Gasteiger partial charge in [0.1, 0.15) is 0 Å². The van der Waals surface area contributed by atoms with E-state index in [0.717, 1.165) is 12.8 Å². The van der Waals surface area contributed by atoms with Gasteiger partial charge in [-0.15, -0.1) is 0 Å². The Morgan fingerprint density at radius 2 is 1.60 bits per heavy atom. The van der Waals surface area contributed by atoms with Crippen molar-refractivity contribution in [1.82, 2.24) is 0 Å². The molecule has 0 bridgehead atoms. The molecule has 0 heterocycles. The summed E-state index contributed by atoms with van der Waals surface area (Å²) >= 11 is -2.86. The Balaban J connectivity index is 0. The van der Waals surface area contributed by atoms with Crippen LogP contribution in [0.5, 0.6) is 0 Å². The Kier molecular flexibility index (Phi) is 12.0. The maximum atomic E-state index is 8.56. The van der Waals surface area contributed by atoms with Crippen LogP contribution in [0.1, 0.15) is 25.0 Å². The normalized spacial score (nSPS) is 10.7. The fourth-order valence-electron chi connectivity index (χ4n) is 1.07. The SMILES string of the molecule is CCc1cccc(CC)c1.O=S([O-])O.[Li+]. The predicted molar refractivity (Wildman–Crippen MR) is 56.7 cm³/mol. The molecule has 0 saturated carbocycles. The molecule has 5 heteroatoms. The average molecular weight is 222 g/mol. The second-order valence-electron chi connectivity index (χ2n) is 2.74. The van der Waals surface area contributed by atoms with Gasteiger partial charge in [-0.05, 0) is 24.0 Å². The average Bonchev–Trinajstić information content (AvgIpc) is 2.17. The van der Waals surface area contributed by atoms with Gasteiger partial charge >= 0.3 is 18.9 Å². The van der Waals surface area contributed by atoms with Gasteiger partial charge in [0.15, 0.2) is 0 Å². The van der Waals surface area contributed by atoms with Gasteiger partial charge in [-0.25, -0.2) is 4.21 Å². The Hall–Kier alpha value is -0.113. The van der Waals surface area contributed by atoms with Crippen molar-refractivity contribution in [3.8, 4) is 0 Å². The van der Waals surface area contributed by atoms with Crippen molar-refractivity contribution in [3.63, 3.8) is 0 Å². The summed E-state index contributed by atoms with van der Waals surface area (Å²) < 4.78 is 24.1. The van der Waals surface area contributed by atoms with Crippen LogP contribution >= 0.6 is 0 Å². The van der Waals surface area contributed by atoms with E-state index in [4.69, 9.17) is 13.3 Å². The van der Waals surface area contributed by atoms with Gasteiger partial charge in [0.2, 0.25) is 0 Å². The summed E-state index contributed by atoms with van der Waals surface area (Å²) in [6, 6.07) is 8.77. The van der Waals surface area contributed by atoms with Crippen molar-refractivity contribution in [2.75, 3.05) is 0 Å². The maximum Gasteiger partial charge on any atom is 1.00 e. The van der Waals surface area contributed by atoms with Crippen LogP contribution in [0.2, 0.25) is 0 Å². The summed E-state index contributed by atoms with van der Waals surface area (Å²) in [6.07, 6.45) is 2.29. The Morgan fingerprint density at radius 3 is 1.87 bits per heavy atom. The van der Waals surface area contributed by atoms with Gasteiger partial charge < -0.3 is 9.11 Å². The smallest absolute Gasteiger partial charge is 0.750 e. The fraction of sp³-hybridized carbons (Fsp3) is 0.400. The molecule has 0 spiro atoms. The largest absolute Gasteiger partial charge is 1.00 e. The van der Waals surface area contributed by atoms with Crippen molar-refractivity contribution in [2.45, 2.75) is 26.7 Å². The molecule has 15 heavy (non-hydrogen) atoms. The first kappa shape index (κ1) is 17.3. The fourth-order valence-corrected chi connectivity index (χ4v) is 1.07. The number of aryl methyl sites for hydroxylation is 2. The molecule has 0 aromatic heterocycles. The van der Waals surface area contributed by atoms with Crippen molar-refractivity contribution < 1.29 is 32.2 Å². The van der Waals surface area contributed by atoms with Crippen LogP contribution in [0.4, 0.5) is 0 Å². The molecule has 0 fully saturated rings. The Morgan fingerprint density at radius 1 is 1.27 bits per heavy atom. The summed E-state index contributed by atoms with van der Waals surface area (Å²) in [5.74, 6) is 0. The molecule has 3 nitrogen and oxygen atoms in total. The number of benzene rings is 1. The quantitative estimate of drug-likeness (QED) is 0.524. The van der Waals surface area contributed by atoms with E-state index in [2.05, 4.69) is 38.1 Å². The van der Waals surface area contributed by atoms with Crippen LogP contribution < -0.4 is 18.9 Å². The van der Waals surface area contributed by atoms with Crippen LogP contribution in [0.15, 0.2) is 24.3 Å². The van der Waals surface area contributed by atoms with Gasteiger partial charge in [0.25, 0.3) is 0 Å². The van der Waals surface area contributed by atoms with E-state index in [1.807, 2.05) is 0 Å². The van der Waals surface area contributed by atoms with Crippen LogP contribution in [0.3, 0.4) is 0 Å². The minimum Gasteiger partial charge on any atom is -0.750 e. The molecule has 0 radical (unpaired) electrons. The molecule has 0 amide bonds. The molecule has 80 valence electrons. The molecule has 0 aliphatic heterocycles. The van der Waals surface area contributed by atoms with Crippen molar-refractivity contribution in [2.24, 2.45) is 0 Å². The Labute approximate surface area is 106 Å². The van der Waals surface area contributed by atoms with E-state index in [0.29, 0.717) is 0 Å². The van der Waals surface area contributed by atoms with Crippen molar-refractivity contribution in [3.05, 3.63) is 35.4 Å². The number of hydrogen-bond acceptors (Lipinski definition) is 2. The first-order chi connectivity index (χ1) is 6.60. The van der Waals surface area contributed by atoms with E-state index in [9.17, 15) is 0 Å². The minimum atomic E-state index is -2.86. The monoisotopic (exact) mass is 222 g/mol. The van der Waals surface area contributed by atoms with Crippen LogP contribution in [0.25, 0.3) is 0 Å². The number of rotatable bonds is 2. The van der Waals surface area contributed by atoms with Gasteiger partial charge in [-0.3, -0.25) is 0 Å². The minimum absolute atomic E-state index is 0. The third-order valence-corrected chi connectivity index (χ3v) is 1.81. The van der Waals surface area contributed by atoms with Gasteiger partial charge in [-0.1, -0.05) is 38.1 Å². The van der Waals surface area contributed by atoms with Crippen molar-refractivity contribution >= 4 is 11.4 Å². The first-order valence-electron chi connectivity index (χ1n) is 4.46. The summed E-state index contributed by atoms with van der Waals surface area (Å²) in [5.41, 5.74) is 2.89. The molecule has 0 aliphatic rings. The van der Waals surface area contributed by atoms with E-state index in [-0.39, 0.29) is 18.9 Å². The molecule has 1 rings (SSSR count). The molecular formula is C10H15LiO3S. The second-order valence-corrected chi connectivity index (χ2v) is 3.18. The van der Waals surface area contributed by atoms with Gasteiger partial charge in [-0.2, -0.15) is 0 Å². The van der Waals surface area contributed by atoms with E-state index >= 15 is 0 Å². The molecule has 1 aromatic rings. The van der Waals surface area contributed by atoms with Crippen LogP contribution in [-0.4, -0.2) is 13.3 Å². The van der Waals surface area contributed by atoms with E-state index in [1.165, 1.54) is 11.1 Å².